The number of nitrogens with zero attached hydrogens (tertiary/aromatic N) is 4. The summed E-state index contributed by atoms with van der Waals surface area (Å²) < 4.78 is 34.2. The number of hydrogen-bond donors (Lipinski definition) is 4. The molecule has 12 nitrogen and oxygen atoms in total. The lowest BCUT2D eigenvalue weighted by Gasteiger charge is -2.13. The number of rotatable bonds is 11. The van der Waals surface area contributed by atoms with E-state index in [0.29, 0.717) is 43.3 Å². The number of carbonyl (C=O) groups is 1. The van der Waals surface area contributed by atoms with Gasteiger partial charge in [0.15, 0.2) is 5.82 Å². The van der Waals surface area contributed by atoms with Crippen LogP contribution >= 0.6 is 0 Å². The van der Waals surface area contributed by atoms with E-state index in [2.05, 4.69) is 48.7 Å². The molecule has 13 heteroatoms. The number of sulfonamides is 1. The zero-order chi connectivity index (χ0) is 27.6. The third kappa shape index (κ3) is 5.93. The number of ether oxygens (including phenoxy) is 1. The summed E-state index contributed by atoms with van der Waals surface area (Å²) in [6.45, 7) is 5.35. The van der Waals surface area contributed by atoms with Crippen LogP contribution in [-0.4, -0.2) is 64.6 Å². The highest BCUT2D eigenvalue weighted by Crippen LogP contribution is 2.29. The molecule has 4 N–H and O–H groups in total. The van der Waals surface area contributed by atoms with E-state index < -0.39 is 10.0 Å². The van der Waals surface area contributed by atoms with Crippen LogP contribution in [0.5, 0.6) is 0 Å². The SMILES string of the molecule is CCC(C)n1cc(C(=O)NC2CCOC2)c2cnc(Nc3ccnc(/C(C=N)=C/NS(=O)(=O)C4CC4)n3)cc21. The Balaban J connectivity index is 1.40. The lowest BCUT2D eigenvalue weighted by molar-refractivity contribution is 0.0931. The average Bonchev–Trinajstić information content (AvgIpc) is 3.56. The third-order valence-corrected chi connectivity index (χ3v) is 8.76. The third-order valence-electron chi connectivity index (χ3n) is 6.96. The van der Waals surface area contributed by atoms with Crippen LogP contribution in [0.2, 0.25) is 0 Å². The number of hydrogen-bond acceptors (Lipinski definition) is 9. The van der Waals surface area contributed by atoms with Crippen LogP contribution in [0.4, 0.5) is 11.6 Å². The molecule has 39 heavy (non-hydrogen) atoms. The Morgan fingerprint density at radius 2 is 2.10 bits per heavy atom. The van der Waals surface area contributed by atoms with Crippen LogP contribution in [0.25, 0.3) is 16.5 Å². The molecule has 1 aliphatic heterocycles. The molecule has 0 bridgehead atoms. The number of nitrogens with one attached hydrogen (secondary N) is 4. The van der Waals surface area contributed by atoms with E-state index in [4.69, 9.17) is 10.1 Å². The zero-order valence-corrected chi connectivity index (χ0v) is 22.7. The van der Waals surface area contributed by atoms with E-state index in [1.54, 1.807) is 12.3 Å². The van der Waals surface area contributed by atoms with E-state index in [1.165, 1.54) is 12.4 Å². The molecule has 1 aliphatic carbocycles. The van der Waals surface area contributed by atoms with Crippen LogP contribution < -0.4 is 15.4 Å². The smallest absolute Gasteiger partial charge is 0.253 e. The lowest BCUT2D eigenvalue weighted by atomic mass is 10.2. The van der Waals surface area contributed by atoms with Crippen LogP contribution in [0, 0.1) is 5.41 Å². The van der Waals surface area contributed by atoms with Crippen molar-refractivity contribution in [1.82, 2.24) is 29.6 Å². The van der Waals surface area contributed by atoms with Gasteiger partial charge in [0.2, 0.25) is 10.0 Å². The van der Waals surface area contributed by atoms with Gasteiger partial charge in [0.05, 0.1) is 34.6 Å². The Morgan fingerprint density at radius 1 is 1.28 bits per heavy atom. The van der Waals surface area contributed by atoms with Gasteiger partial charge in [-0.05, 0) is 38.7 Å². The van der Waals surface area contributed by atoms with Crippen LogP contribution in [0.1, 0.15) is 61.8 Å². The first-order valence-electron chi connectivity index (χ1n) is 13.0. The summed E-state index contributed by atoms with van der Waals surface area (Å²) in [5.41, 5.74) is 1.65. The maximum atomic E-state index is 13.1. The summed E-state index contributed by atoms with van der Waals surface area (Å²) in [6, 6.07) is 3.69. The molecule has 4 heterocycles. The van der Waals surface area contributed by atoms with E-state index >= 15 is 0 Å². The molecule has 3 aromatic rings. The highest BCUT2D eigenvalue weighted by atomic mass is 32.2. The molecule has 206 valence electrons. The molecule has 0 aromatic carbocycles. The summed E-state index contributed by atoms with van der Waals surface area (Å²) in [5, 5.41) is 14.3. The molecular weight excluding hydrogens is 520 g/mol. The number of aromatic nitrogens is 4. The standard InChI is InChI=1S/C26H32N8O4S/c1-3-16(2)34-14-21(26(35)31-18-7-9-38-15-18)20-13-29-24(10-22(20)34)32-23-6-8-28-25(33-23)17(11-27)12-30-39(36,37)19-4-5-19/h6,8,10-14,16,18-19,27,30H,3-5,7,9,15H2,1-2H3,(H,31,35)(H,28,29,32,33)/b17-12+,27-11?. The van der Waals surface area contributed by atoms with Gasteiger partial charge in [-0.15, -0.1) is 0 Å². The molecular formula is C26H32N8O4S. The quantitative estimate of drug-likeness (QED) is 0.264. The maximum Gasteiger partial charge on any atom is 0.253 e. The molecule has 2 atom stereocenters. The fourth-order valence-corrected chi connectivity index (χ4v) is 5.60. The van der Waals surface area contributed by atoms with Crippen molar-refractivity contribution in [3.63, 3.8) is 0 Å². The molecule has 3 aromatic heterocycles. The Labute approximate surface area is 226 Å². The van der Waals surface area contributed by atoms with Crippen LogP contribution in [0.15, 0.2) is 36.9 Å². The highest BCUT2D eigenvalue weighted by Gasteiger charge is 2.35. The number of amides is 1. The second-order valence-electron chi connectivity index (χ2n) is 9.82. The number of allylic oxidation sites excluding steroid dienone is 1. The molecule has 1 saturated heterocycles. The van der Waals surface area contributed by atoms with E-state index in [-0.39, 0.29) is 34.6 Å². The molecule has 5 rings (SSSR count). The second-order valence-corrected chi connectivity index (χ2v) is 11.8. The Kier molecular flexibility index (Phi) is 7.62. The van der Waals surface area contributed by atoms with Gasteiger partial charge in [0.25, 0.3) is 5.91 Å². The Hall–Kier alpha value is -3.84. The Morgan fingerprint density at radius 3 is 2.79 bits per heavy atom. The number of carbonyl (C=O) groups excluding carboxylic acids is 1. The fourth-order valence-electron chi connectivity index (χ4n) is 4.36. The van der Waals surface area contributed by atoms with Gasteiger partial charge >= 0.3 is 0 Å². The molecule has 2 aliphatic rings. The van der Waals surface area contributed by atoms with E-state index in [1.807, 2.05) is 12.3 Å². The van der Waals surface area contributed by atoms with Crippen molar-refractivity contribution >= 4 is 50.3 Å². The van der Waals surface area contributed by atoms with Crippen molar-refractivity contribution in [2.45, 2.75) is 56.9 Å². The van der Waals surface area contributed by atoms with Gasteiger partial charge in [-0.3, -0.25) is 9.52 Å². The lowest BCUT2D eigenvalue weighted by Crippen LogP contribution is -2.34. The Bertz CT molecular complexity index is 1520. The van der Waals surface area contributed by atoms with Crippen molar-refractivity contribution in [3.05, 3.63) is 48.3 Å². The summed E-state index contributed by atoms with van der Waals surface area (Å²) >= 11 is 0. The number of anilines is 2. The summed E-state index contributed by atoms with van der Waals surface area (Å²) in [4.78, 5) is 26.3. The molecule has 0 radical (unpaired) electrons. The molecule has 0 spiro atoms. The maximum absolute atomic E-state index is 13.1. The minimum Gasteiger partial charge on any atom is -0.379 e. The summed E-state index contributed by atoms with van der Waals surface area (Å²) in [6.07, 6.45) is 10.3. The van der Waals surface area contributed by atoms with Crippen LogP contribution in [-0.2, 0) is 14.8 Å². The van der Waals surface area contributed by atoms with E-state index in [9.17, 15) is 13.2 Å². The highest BCUT2D eigenvalue weighted by molar-refractivity contribution is 7.90. The van der Waals surface area contributed by atoms with Gasteiger partial charge in [0.1, 0.15) is 11.6 Å². The van der Waals surface area contributed by atoms with Crippen molar-refractivity contribution in [2.75, 3.05) is 18.5 Å². The summed E-state index contributed by atoms with van der Waals surface area (Å²) in [7, 11) is -3.45. The van der Waals surface area contributed by atoms with Crippen molar-refractivity contribution in [1.29, 1.82) is 5.41 Å². The normalized spacial score (nSPS) is 18.6. The van der Waals surface area contributed by atoms with Gasteiger partial charge in [-0.1, -0.05) is 6.92 Å². The van der Waals surface area contributed by atoms with Crippen LogP contribution in [0.3, 0.4) is 0 Å². The fraction of sp³-hybridized carbons (Fsp3) is 0.423. The van der Waals surface area contributed by atoms with E-state index in [0.717, 1.165) is 30.0 Å². The number of fused-ring (bicyclic) bond motifs is 1. The minimum absolute atomic E-state index is 0.00396. The summed E-state index contributed by atoms with van der Waals surface area (Å²) in [5.74, 6) is 0.974. The first-order valence-corrected chi connectivity index (χ1v) is 14.5. The van der Waals surface area contributed by atoms with Crippen molar-refractivity contribution in [2.24, 2.45) is 0 Å². The predicted molar refractivity (Wildman–Crippen MR) is 149 cm³/mol. The minimum atomic E-state index is -3.45. The molecule has 1 amide bonds. The van der Waals surface area contributed by atoms with Gasteiger partial charge in [-0.25, -0.2) is 23.4 Å². The van der Waals surface area contributed by atoms with Gasteiger partial charge < -0.3 is 25.3 Å². The second kappa shape index (κ2) is 11.1. The first-order chi connectivity index (χ1) is 18.8. The van der Waals surface area contributed by atoms with Gasteiger partial charge in [-0.2, -0.15) is 0 Å². The monoisotopic (exact) mass is 552 g/mol. The molecule has 2 unspecified atom stereocenters. The first kappa shape index (κ1) is 26.8. The number of pyridine rings is 1. The molecule has 1 saturated carbocycles. The average molecular weight is 553 g/mol. The van der Waals surface area contributed by atoms with Gasteiger partial charge in [0, 0.05) is 55.1 Å². The largest absolute Gasteiger partial charge is 0.379 e. The zero-order valence-electron chi connectivity index (χ0n) is 21.8. The van der Waals surface area contributed by atoms with Crippen molar-refractivity contribution < 1.29 is 17.9 Å². The van der Waals surface area contributed by atoms with Crippen molar-refractivity contribution in [3.8, 4) is 0 Å². The molecule has 2 fully saturated rings. The predicted octanol–water partition coefficient (Wildman–Crippen LogP) is 3.13. The topological polar surface area (TPSA) is 164 Å².